The predicted octanol–water partition coefficient (Wildman–Crippen LogP) is 5.81. The molecule has 11 heteroatoms. The highest BCUT2D eigenvalue weighted by Gasteiger charge is 2.32. The van der Waals surface area contributed by atoms with Gasteiger partial charge in [-0.15, -0.1) is 0 Å². The molecule has 4 aromatic rings. The molecule has 4 aromatic carbocycles. The number of fused-ring (bicyclic) bond motifs is 2. The van der Waals surface area contributed by atoms with Crippen LogP contribution in [-0.4, -0.2) is 78.9 Å². The van der Waals surface area contributed by atoms with E-state index in [9.17, 15) is 19.5 Å². The fourth-order valence-electron chi connectivity index (χ4n) is 5.59. The van der Waals surface area contributed by atoms with Gasteiger partial charge in [-0.25, -0.2) is 9.59 Å². The van der Waals surface area contributed by atoms with Crippen molar-refractivity contribution < 1.29 is 29.0 Å². The maximum absolute atomic E-state index is 13.6. The van der Waals surface area contributed by atoms with Crippen LogP contribution in [0.25, 0.3) is 10.8 Å². The first-order chi connectivity index (χ1) is 22.6. The molecule has 0 fully saturated rings. The Morgan fingerprint density at radius 1 is 1.00 bits per heavy atom. The Labute approximate surface area is 274 Å². The predicted molar refractivity (Wildman–Crippen MR) is 183 cm³/mol. The highest BCUT2D eigenvalue weighted by Crippen LogP contribution is 2.30. The van der Waals surface area contributed by atoms with Gasteiger partial charge in [-0.1, -0.05) is 43.3 Å². The number of aliphatic hydroxyl groups excluding tert-OH is 1. The van der Waals surface area contributed by atoms with Crippen LogP contribution < -0.4 is 25.4 Å². The van der Waals surface area contributed by atoms with Crippen molar-refractivity contribution in [1.82, 2.24) is 9.80 Å². The summed E-state index contributed by atoms with van der Waals surface area (Å²) in [5.41, 5.74) is 2.36. The van der Waals surface area contributed by atoms with Crippen LogP contribution in [0.3, 0.4) is 0 Å². The van der Waals surface area contributed by atoms with Gasteiger partial charge in [-0.2, -0.15) is 0 Å². The van der Waals surface area contributed by atoms with Crippen molar-refractivity contribution in [2.75, 3.05) is 49.8 Å². The second-order valence-electron chi connectivity index (χ2n) is 11.9. The molecule has 0 saturated heterocycles. The van der Waals surface area contributed by atoms with Gasteiger partial charge in [0.1, 0.15) is 17.6 Å². The minimum absolute atomic E-state index is 0.00731. The van der Waals surface area contributed by atoms with Crippen molar-refractivity contribution >= 4 is 45.8 Å². The Bertz CT molecular complexity index is 1720. The summed E-state index contributed by atoms with van der Waals surface area (Å²) in [5, 5.41) is 20.6. The van der Waals surface area contributed by atoms with Crippen molar-refractivity contribution in [3.8, 4) is 11.5 Å². The Balaban J connectivity index is 1.35. The second kappa shape index (κ2) is 14.9. The SMILES string of the molecule is COc1ccc(NC(=O)N(C)C[C@H]2Oc3ccc(NC(=O)Nc4cccc5ccccc45)cc3CC(=O)N([C@@H](C)CO)C[C@H]2C)cc1. The van der Waals surface area contributed by atoms with E-state index in [0.29, 0.717) is 40.7 Å². The zero-order chi connectivity index (χ0) is 33.5. The lowest BCUT2D eigenvalue weighted by molar-refractivity contribution is -0.134. The fourth-order valence-corrected chi connectivity index (χ4v) is 5.59. The number of aliphatic hydroxyl groups is 1. The third-order valence-corrected chi connectivity index (χ3v) is 8.35. The molecular formula is C36H41N5O6. The number of nitrogens with zero attached hydrogens (tertiary/aromatic N) is 2. The quantitative estimate of drug-likeness (QED) is 0.193. The Morgan fingerprint density at radius 3 is 2.47 bits per heavy atom. The molecule has 0 saturated carbocycles. The van der Waals surface area contributed by atoms with E-state index in [1.165, 1.54) is 4.90 Å². The Kier molecular flexibility index (Phi) is 10.5. The standard InChI is InChI=1S/C36H41N5O6/c1-23-20-41(24(2)22-42)34(43)19-26-18-28(37-35(44)39-31-11-7-9-25-8-5-6-10-30(25)31)14-17-32(26)47-33(23)21-40(3)36(45)38-27-12-15-29(46-4)16-13-27/h5-18,23-24,33,42H,19-22H2,1-4H3,(H,38,45)(H2,37,39,44)/t23-,24+,33-/m1/s1. The van der Waals surface area contributed by atoms with Crippen LogP contribution in [0.4, 0.5) is 26.7 Å². The topological polar surface area (TPSA) is 132 Å². The average Bonchev–Trinajstić information content (AvgIpc) is 3.11. The monoisotopic (exact) mass is 639 g/mol. The smallest absolute Gasteiger partial charge is 0.323 e. The lowest BCUT2D eigenvalue weighted by Gasteiger charge is -2.34. The summed E-state index contributed by atoms with van der Waals surface area (Å²) in [5.74, 6) is 0.798. The number of anilines is 3. The molecule has 0 aliphatic carbocycles. The highest BCUT2D eigenvalue weighted by molar-refractivity contribution is 6.06. The van der Waals surface area contributed by atoms with E-state index in [4.69, 9.17) is 9.47 Å². The van der Waals surface area contributed by atoms with Crippen LogP contribution >= 0.6 is 0 Å². The molecule has 0 bridgehead atoms. The fraction of sp³-hybridized carbons (Fsp3) is 0.306. The summed E-state index contributed by atoms with van der Waals surface area (Å²) >= 11 is 0. The molecule has 1 heterocycles. The summed E-state index contributed by atoms with van der Waals surface area (Å²) in [4.78, 5) is 43.0. The highest BCUT2D eigenvalue weighted by atomic mass is 16.5. The molecule has 5 amide bonds. The molecule has 3 atom stereocenters. The van der Waals surface area contributed by atoms with Crippen molar-refractivity contribution in [2.24, 2.45) is 5.92 Å². The molecule has 0 radical (unpaired) electrons. The van der Waals surface area contributed by atoms with Crippen molar-refractivity contribution in [3.05, 3.63) is 90.5 Å². The zero-order valence-electron chi connectivity index (χ0n) is 27.0. The average molecular weight is 640 g/mol. The van der Waals surface area contributed by atoms with Gasteiger partial charge in [0.15, 0.2) is 0 Å². The number of nitrogens with one attached hydrogen (secondary N) is 3. The summed E-state index contributed by atoms with van der Waals surface area (Å²) in [6.07, 6.45) is -0.485. The summed E-state index contributed by atoms with van der Waals surface area (Å²) < 4.78 is 11.7. The molecular weight excluding hydrogens is 598 g/mol. The van der Waals surface area contributed by atoms with Crippen LogP contribution in [0.2, 0.25) is 0 Å². The third kappa shape index (κ3) is 8.11. The summed E-state index contributed by atoms with van der Waals surface area (Å²) in [6.45, 7) is 4.11. The molecule has 0 aromatic heterocycles. The number of carbonyl (C=O) groups excluding carboxylic acids is 3. The van der Waals surface area contributed by atoms with Crippen LogP contribution in [-0.2, 0) is 11.2 Å². The van der Waals surface area contributed by atoms with Crippen LogP contribution in [0.1, 0.15) is 19.4 Å². The number of hydrogen-bond donors (Lipinski definition) is 4. The maximum Gasteiger partial charge on any atom is 0.323 e. The minimum Gasteiger partial charge on any atom is -0.497 e. The van der Waals surface area contributed by atoms with E-state index < -0.39 is 18.2 Å². The minimum atomic E-state index is -0.492. The molecule has 5 rings (SSSR count). The van der Waals surface area contributed by atoms with Crippen molar-refractivity contribution in [3.63, 3.8) is 0 Å². The van der Waals surface area contributed by atoms with E-state index in [0.717, 1.165) is 10.8 Å². The van der Waals surface area contributed by atoms with Gasteiger partial charge in [-0.05, 0) is 60.8 Å². The van der Waals surface area contributed by atoms with Gasteiger partial charge in [0.2, 0.25) is 5.91 Å². The number of likely N-dealkylation sites (N-methyl/N-ethyl adjacent to an activating group) is 1. The Hall–Kier alpha value is -5.29. The maximum atomic E-state index is 13.6. The Morgan fingerprint density at radius 2 is 1.72 bits per heavy atom. The molecule has 1 aliphatic heterocycles. The van der Waals surface area contributed by atoms with E-state index in [2.05, 4.69) is 16.0 Å². The van der Waals surface area contributed by atoms with Crippen molar-refractivity contribution in [2.45, 2.75) is 32.4 Å². The molecule has 4 N–H and O–H groups in total. The molecule has 0 spiro atoms. The molecule has 11 nitrogen and oxygen atoms in total. The number of urea groups is 2. The lowest BCUT2D eigenvalue weighted by Crippen LogP contribution is -2.48. The van der Waals surface area contributed by atoms with Crippen LogP contribution in [0.15, 0.2) is 84.9 Å². The number of methoxy groups -OCH3 is 1. The largest absolute Gasteiger partial charge is 0.497 e. The van der Waals surface area contributed by atoms with Crippen LogP contribution in [0.5, 0.6) is 11.5 Å². The number of ether oxygens (including phenoxy) is 2. The van der Waals surface area contributed by atoms with Gasteiger partial charge in [-0.3, -0.25) is 4.79 Å². The normalized spacial score (nSPS) is 16.9. The second-order valence-corrected chi connectivity index (χ2v) is 11.9. The van der Waals surface area contributed by atoms with E-state index in [1.54, 1.807) is 68.4 Å². The first kappa shape index (κ1) is 33.1. The molecule has 0 unspecified atom stereocenters. The van der Waals surface area contributed by atoms with Gasteiger partial charge in [0.25, 0.3) is 0 Å². The third-order valence-electron chi connectivity index (χ3n) is 8.35. The summed E-state index contributed by atoms with van der Waals surface area (Å²) in [6, 6.07) is 24.5. The van der Waals surface area contributed by atoms with Gasteiger partial charge in [0, 0.05) is 41.8 Å². The van der Waals surface area contributed by atoms with E-state index in [-0.39, 0.29) is 37.4 Å². The van der Waals surface area contributed by atoms with Gasteiger partial charge >= 0.3 is 12.1 Å². The van der Waals surface area contributed by atoms with Crippen LogP contribution in [0, 0.1) is 5.92 Å². The number of carbonyl (C=O) groups is 3. The first-order valence-electron chi connectivity index (χ1n) is 15.6. The van der Waals surface area contributed by atoms with E-state index in [1.807, 2.05) is 49.4 Å². The molecule has 47 heavy (non-hydrogen) atoms. The number of hydrogen-bond acceptors (Lipinski definition) is 6. The van der Waals surface area contributed by atoms with Gasteiger partial charge < -0.3 is 40.3 Å². The number of amides is 5. The summed E-state index contributed by atoms with van der Waals surface area (Å²) in [7, 11) is 3.26. The first-order valence-corrected chi connectivity index (χ1v) is 15.6. The van der Waals surface area contributed by atoms with Gasteiger partial charge in [0.05, 0.1) is 38.4 Å². The number of benzene rings is 4. The lowest BCUT2D eigenvalue weighted by atomic mass is 10.0. The van der Waals surface area contributed by atoms with Crippen molar-refractivity contribution in [1.29, 1.82) is 0 Å². The van der Waals surface area contributed by atoms with E-state index >= 15 is 0 Å². The molecule has 246 valence electrons. The zero-order valence-corrected chi connectivity index (χ0v) is 27.0. The number of rotatable bonds is 8. The molecule has 1 aliphatic rings.